The average molecular weight is 372 g/mol. The van der Waals surface area contributed by atoms with Crippen molar-refractivity contribution in [2.45, 2.75) is 57.5 Å². The standard InChI is InChI=1S/C18H33N3O3S/c1-16(19-8-4-2-3-5-9-19)18(22)21-10-6-17(7-11-21)20-12-14-25(23,24)15-13-20/h16-17H,2-15H2,1H3. The van der Waals surface area contributed by atoms with Crippen molar-refractivity contribution in [1.82, 2.24) is 14.7 Å². The van der Waals surface area contributed by atoms with E-state index in [0.29, 0.717) is 19.1 Å². The number of rotatable bonds is 3. The summed E-state index contributed by atoms with van der Waals surface area (Å²) in [6.07, 6.45) is 6.93. The number of piperidine rings is 1. The minimum atomic E-state index is -2.82. The molecule has 144 valence electrons. The molecule has 0 aromatic rings. The number of hydrogen-bond acceptors (Lipinski definition) is 5. The number of nitrogens with zero attached hydrogens (tertiary/aromatic N) is 3. The van der Waals surface area contributed by atoms with Gasteiger partial charge in [0.2, 0.25) is 5.91 Å². The van der Waals surface area contributed by atoms with Gasteiger partial charge < -0.3 is 4.90 Å². The summed E-state index contributed by atoms with van der Waals surface area (Å²) in [7, 11) is -2.82. The van der Waals surface area contributed by atoms with E-state index in [9.17, 15) is 13.2 Å². The summed E-state index contributed by atoms with van der Waals surface area (Å²) in [5.74, 6) is 0.859. The largest absolute Gasteiger partial charge is 0.341 e. The number of carbonyl (C=O) groups excluding carboxylic acids is 1. The summed E-state index contributed by atoms with van der Waals surface area (Å²) in [6.45, 7) is 7.10. The van der Waals surface area contributed by atoms with E-state index in [4.69, 9.17) is 0 Å². The van der Waals surface area contributed by atoms with Crippen LogP contribution in [-0.4, -0.2) is 91.9 Å². The summed E-state index contributed by atoms with van der Waals surface area (Å²) < 4.78 is 23.2. The Kier molecular flexibility index (Phi) is 6.39. The van der Waals surface area contributed by atoms with Gasteiger partial charge in [-0.2, -0.15) is 0 Å². The molecule has 3 aliphatic rings. The number of carbonyl (C=O) groups is 1. The Balaban J connectivity index is 1.47. The smallest absolute Gasteiger partial charge is 0.239 e. The molecule has 1 unspecified atom stereocenters. The molecule has 0 bridgehead atoms. The molecule has 1 atom stereocenters. The Bertz CT molecular complexity index is 536. The SMILES string of the molecule is CC(C(=O)N1CCC(N2CCS(=O)(=O)CC2)CC1)N1CCCCCC1. The highest BCUT2D eigenvalue weighted by molar-refractivity contribution is 7.91. The number of amides is 1. The van der Waals surface area contributed by atoms with Gasteiger partial charge in [-0.05, 0) is 45.7 Å². The molecular formula is C18H33N3O3S. The predicted molar refractivity (Wildman–Crippen MR) is 99.3 cm³/mol. The number of hydrogen-bond donors (Lipinski definition) is 0. The number of sulfone groups is 1. The Morgan fingerprint density at radius 1 is 0.880 bits per heavy atom. The second-order valence-electron chi connectivity index (χ2n) is 7.87. The van der Waals surface area contributed by atoms with Crippen molar-refractivity contribution in [2.75, 3.05) is 50.8 Å². The Morgan fingerprint density at radius 3 is 2.00 bits per heavy atom. The lowest BCUT2D eigenvalue weighted by atomic mass is 10.0. The maximum Gasteiger partial charge on any atom is 0.239 e. The molecule has 0 saturated carbocycles. The van der Waals surface area contributed by atoms with Crippen LogP contribution in [-0.2, 0) is 14.6 Å². The highest BCUT2D eigenvalue weighted by Crippen LogP contribution is 2.21. The summed E-state index contributed by atoms with van der Waals surface area (Å²) in [5.41, 5.74) is 0. The summed E-state index contributed by atoms with van der Waals surface area (Å²) in [6, 6.07) is 0.433. The van der Waals surface area contributed by atoms with Gasteiger partial charge in [-0.3, -0.25) is 14.6 Å². The quantitative estimate of drug-likeness (QED) is 0.740. The second kappa shape index (κ2) is 8.35. The fourth-order valence-corrected chi connectivity index (χ4v) is 5.68. The molecule has 0 aliphatic carbocycles. The molecular weight excluding hydrogens is 338 g/mol. The molecule has 25 heavy (non-hydrogen) atoms. The molecule has 0 spiro atoms. The fraction of sp³-hybridized carbons (Fsp3) is 0.944. The predicted octanol–water partition coefficient (Wildman–Crippen LogP) is 0.972. The normalized spacial score (nSPS) is 28.4. The Morgan fingerprint density at radius 2 is 1.44 bits per heavy atom. The molecule has 3 fully saturated rings. The van der Waals surface area contributed by atoms with Crippen molar-refractivity contribution < 1.29 is 13.2 Å². The Hall–Kier alpha value is -0.660. The Labute approximate surface area is 152 Å². The van der Waals surface area contributed by atoms with Gasteiger partial charge in [0.15, 0.2) is 9.84 Å². The van der Waals surface area contributed by atoms with E-state index in [1.165, 1.54) is 25.7 Å². The van der Waals surface area contributed by atoms with Gasteiger partial charge in [0, 0.05) is 32.2 Å². The molecule has 0 radical (unpaired) electrons. The molecule has 0 N–H and O–H groups in total. The van der Waals surface area contributed by atoms with Crippen LogP contribution in [0, 0.1) is 0 Å². The molecule has 0 aromatic carbocycles. The lowest BCUT2D eigenvalue weighted by Crippen LogP contribution is -2.54. The average Bonchev–Trinajstić information content (AvgIpc) is 2.90. The summed E-state index contributed by atoms with van der Waals surface area (Å²) in [5, 5.41) is 0. The zero-order chi connectivity index (χ0) is 17.9. The van der Waals surface area contributed by atoms with Crippen LogP contribution in [0.5, 0.6) is 0 Å². The van der Waals surface area contributed by atoms with Crippen molar-refractivity contribution in [3.63, 3.8) is 0 Å². The van der Waals surface area contributed by atoms with Gasteiger partial charge in [-0.25, -0.2) is 8.42 Å². The van der Waals surface area contributed by atoms with Crippen LogP contribution >= 0.6 is 0 Å². The van der Waals surface area contributed by atoms with Gasteiger partial charge in [-0.1, -0.05) is 12.8 Å². The highest BCUT2D eigenvalue weighted by atomic mass is 32.2. The van der Waals surface area contributed by atoms with Gasteiger partial charge in [-0.15, -0.1) is 0 Å². The van der Waals surface area contributed by atoms with Gasteiger partial charge >= 0.3 is 0 Å². The van der Waals surface area contributed by atoms with E-state index >= 15 is 0 Å². The van der Waals surface area contributed by atoms with Crippen LogP contribution in [0.3, 0.4) is 0 Å². The number of likely N-dealkylation sites (tertiary alicyclic amines) is 2. The maximum absolute atomic E-state index is 12.9. The molecule has 1 amide bonds. The van der Waals surface area contributed by atoms with Gasteiger partial charge in [0.05, 0.1) is 17.5 Å². The first-order valence-corrected chi connectivity index (χ1v) is 11.8. The third kappa shape index (κ3) is 4.95. The lowest BCUT2D eigenvalue weighted by Gasteiger charge is -2.41. The molecule has 3 aliphatic heterocycles. The van der Waals surface area contributed by atoms with Crippen LogP contribution in [0.25, 0.3) is 0 Å². The van der Waals surface area contributed by atoms with E-state index in [1.807, 2.05) is 4.90 Å². The van der Waals surface area contributed by atoms with E-state index < -0.39 is 9.84 Å². The first kappa shape index (κ1) is 19.1. The van der Waals surface area contributed by atoms with Crippen LogP contribution in [0.4, 0.5) is 0 Å². The minimum absolute atomic E-state index is 0.00483. The lowest BCUT2D eigenvalue weighted by molar-refractivity contribution is -0.138. The van der Waals surface area contributed by atoms with Crippen molar-refractivity contribution in [3.05, 3.63) is 0 Å². The zero-order valence-electron chi connectivity index (χ0n) is 15.5. The molecule has 3 heterocycles. The van der Waals surface area contributed by atoms with E-state index in [-0.39, 0.29) is 23.5 Å². The van der Waals surface area contributed by atoms with Crippen LogP contribution in [0.15, 0.2) is 0 Å². The first-order valence-electron chi connectivity index (χ1n) is 9.93. The van der Waals surface area contributed by atoms with E-state index in [2.05, 4.69) is 16.7 Å². The monoisotopic (exact) mass is 371 g/mol. The third-order valence-corrected chi connectivity index (χ3v) is 7.83. The highest BCUT2D eigenvalue weighted by Gasteiger charge is 2.33. The fourth-order valence-electron chi connectivity index (χ4n) is 4.45. The van der Waals surface area contributed by atoms with E-state index in [0.717, 1.165) is 39.0 Å². The van der Waals surface area contributed by atoms with Crippen LogP contribution in [0.2, 0.25) is 0 Å². The second-order valence-corrected chi connectivity index (χ2v) is 10.2. The molecule has 6 nitrogen and oxygen atoms in total. The maximum atomic E-state index is 12.9. The zero-order valence-corrected chi connectivity index (χ0v) is 16.3. The molecule has 3 rings (SSSR count). The van der Waals surface area contributed by atoms with Crippen LogP contribution < -0.4 is 0 Å². The molecule has 0 aromatic heterocycles. The molecule has 3 saturated heterocycles. The summed E-state index contributed by atoms with van der Waals surface area (Å²) >= 11 is 0. The summed E-state index contributed by atoms with van der Waals surface area (Å²) in [4.78, 5) is 19.6. The minimum Gasteiger partial charge on any atom is -0.341 e. The molecule has 7 heteroatoms. The van der Waals surface area contributed by atoms with Crippen molar-refractivity contribution in [3.8, 4) is 0 Å². The first-order chi connectivity index (χ1) is 12.0. The third-order valence-electron chi connectivity index (χ3n) is 6.22. The van der Waals surface area contributed by atoms with E-state index in [1.54, 1.807) is 0 Å². The topological polar surface area (TPSA) is 60.9 Å². The van der Waals surface area contributed by atoms with Crippen LogP contribution in [0.1, 0.15) is 45.4 Å². The van der Waals surface area contributed by atoms with Crippen molar-refractivity contribution in [2.24, 2.45) is 0 Å². The van der Waals surface area contributed by atoms with Crippen molar-refractivity contribution >= 4 is 15.7 Å². The van der Waals surface area contributed by atoms with Gasteiger partial charge in [0.1, 0.15) is 0 Å². The van der Waals surface area contributed by atoms with Crippen molar-refractivity contribution in [1.29, 1.82) is 0 Å². The van der Waals surface area contributed by atoms with Gasteiger partial charge in [0.25, 0.3) is 0 Å².